The average molecular weight is 261 g/mol. The first kappa shape index (κ1) is 13.6. The Kier molecular flexibility index (Phi) is 3.93. The van der Waals surface area contributed by atoms with Gasteiger partial charge in [0.1, 0.15) is 5.82 Å². The van der Waals surface area contributed by atoms with Gasteiger partial charge in [0.05, 0.1) is 6.20 Å². The molecule has 1 N–H and O–H groups in total. The summed E-state index contributed by atoms with van der Waals surface area (Å²) in [6.07, 6.45) is 6.84. The molecule has 0 aliphatic heterocycles. The molecule has 2 rings (SSSR count). The lowest BCUT2D eigenvalue weighted by atomic mass is 10.0. The Morgan fingerprint density at radius 2 is 2.11 bits per heavy atom. The van der Waals surface area contributed by atoms with Gasteiger partial charge in [0, 0.05) is 32.5 Å². The molecule has 2 aromatic heterocycles. The molecule has 104 valence electrons. The second-order valence-corrected chi connectivity index (χ2v) is 5.45. The first-order valence-electron chi connectivity index (χ1n) is 6.77. The van der Waals surface area contributed by atoms with E-state index in [0.717, 1.165) is 23.7 Å². The number of rotatable bonds is 5. The second kappa shape index (κ2) is 5.47. The third kappa shape index (κ3) is 2.80. The normalized spacial score (nSPS) is 12.9. The van der Waals surface area contributed by atoms with Crippen molar-refractivity contribution >= 4 is 17.3 Å². The van der Waals surface area contributed by atoms with E-state index < -0.39 is 0 Å². The standard InChI is InChI=1S/C14H23N5/c1-10(2)8-11(3)18(5)14-13-16-6-7-19(13)9-12(15-4)17-14/h6-7,9-11,15H,8H2,1-5H3. The number of fused-ring (bicyclic) bond motifs is 1. The molecule has 0 aliphatic rings. The summed E-state index contributed by atoms with van der Waals surface area (Å²) in [5, 5.41) is 3.10. The van der Waals surface area contributed by atoms with Crippen LogP contribution in [0.15, 0.2) is 18.6 Å². The molecule has 5 heteroatoms. The largest absolute Gasteiger partial charge is 0.372 e. The van der Waals surface area contributed by atoms with Crippen molar-refractivity contribution in [3.8, 4) is 0 Å². The van der Waals surface area contributed by atoms with Crippen molar-refractivity contribution in [3.63, 3.8) is 0 Å². The van der Waals surface area contributed by atoms with Gasteiger partial charge in [0.2, 0.25) is 0 Å². The van der Waals surface area contributed by atoms with Gasteiger partial charge in [-0.1, -0.05) is 13.8 Å². The van der Waals surface area contributed by atoms with Crippen molar-refractivity contribution in [2.75, 3.05) is 24.3 Å². The lowest BCUT2D eigenvalue weighted by Crippen LogP contribution is -2.31. The second-order valence-electron chi connectivity index (χ2n) is 5.45. The molecular formula is C14H23N5. The number of hydrogen-bond donors (Lipinski definition) is 1. The molecular weight excluding hydrogens is 238 g/mol. The van der Waals surface area contributed by atoms with Crippen LogP contribution >= 0.6 is 0 Å². The predicted octanol–water partition coefficient (Wildman–Crippen LogP) is 2.64. The highest BCUT2D eigenvalue weighted by Crippen LogP contribution is 2.23. The summed E-state index contributed by atoms with van der Waals surface area (Å²) in [5.41, 5.74) is 0.900. The first-order chi connectivity index (χ1) is 9.02. The Morgan fingerprint density at radius 1 is 1.37 bits per heavy atom. The van der Waals surface area contributed by atoms with Gasteiger partial charge in [-0.25, -0.2) is 9.97 Å². The highest BCUT2D eigenvalue weighted by Gasteiger charge is 2.17. The third-order valence-corrected chi connectivity index (χ3v) is 3.42. The molecule has 2 heterocycles. The van der Waals surface area contributed by atoms with E-state index in [0.29, 0.717) is 12.0 Å². The number of hydrogen-bond acceptors (Lipinski definition) is 4. The summed E-state index contributed by atoms with van der Waals surface area (Å²) in [5.74, 6) is 2.44. The zero-order chi connectivity index (χ0) is 14.0. The van der Waals surface area contributed by atoms with Gasteiger partial charge in [0.15, 0.2) is 11.5 Å². The van der Waals surface area contributed by atoms with Gasteiger partial charge in [-0.05, 0) is 19.3 Å². The molecule has 2 aromatic rings. The van der Waals surface area contributed by atoms with E-state index in [9.17, 15) is 0 Å². The van der Waals surface area contributed by atoms with E-state index in [4.69, 9.17) is 0 Å². The molecule has 5 nitrogen and oxygen atoms in total. The molecule has 0 fully saturated rings. The van der Waals surface area contributed by atoms with Crippen LogP contribution in [-0.2, 0) is 0 Å². The molecule has 1 unspecified atom stereocenters. The van der Waals surface area contributed by atoms with Crippen LogP contribution in [0, 0.1) is 5.92 Å². The lowest BCUT2D eigenvalue weighted by molar-refractivity contribution is 0.502. The van der Waals surface area contributed by atoms with Crippen LogP contribution in [0.5, 0.6) is 0 Å². The van der Waals surface area contributed by atoms with Crippen molar-refractivity contribution in [3.05, 3.63) is 18.6 Å². The fourth-order valence-electron chi connectivity index (χ4n) is 2.32. The molecule has 19 heavy (non-hydrogen) atoms. The number of anilines is 2. The lowest BCUT2D eigenvalue weighted by Gasteiger charge is -2.27. The van der Waals surface area contributed by atoms with E-state index >= 15 is 0 Å². The summed E-state index contributed by atoms with van der Waals surface area (Å²) in [4.78, 5) is 11.3. The van der Waals surface area contributed by atoms with E-state index in [-0.39, 0.29) is 0 Å². The molecule has 0 spiro atoms. The minimum atomic E-state index is 0.431. The van der Waals surface area contributed by atoms with E-state index in [1.54, 1.807) is 6.20 Å². The first-order valence-corrected chi connectivity index (χ1v) is 6.77. The molecule has 0 amide bonds. The fourth-order valence-corrected chi connectivity index (χ4v) is 2.32. The Labute approximate surface area is 114 Å². The Morgan fingerprint density at radius 3 is 2.74 bits per heavy atom. The number of nitrogens with one attached hydrogen (secondary N) is 1. The van der Waals surface area contributed by atoms with Gasteiger partial charge < -0.3 is 14.6 Å². The highest BCUT2D eigenvalue weighted by molar-refractivity contribution is 5.66. The zero-order valence-corrected chi connectivity index (χ0v) is 12.4. The topological polar surface area (TPSA) is 45.5 Å². The van der Waals surface area contributed by atoms with Crippen molar-refractivity contribution in [2.24, 2.45) is 5.92 Å². The van der Waals surface area contributed by atoms with Crippen LogP contribution in [-0.4, -0.2) is 34.5 Å². The minimum absolute atomic E-state index is 0.431. The molecule has 0 bridgehead atoms. The maximum Gasteiger partial charge on any atom is 0.180 e. The molecule has 1 atom stereocenters. The highest BCUT2D eigenvalue weighted by atomic mass is 15.2. The summed E-state index contributed by atoms with van der Waals surface area (Å²) >= 11 is 0. The fraction of sp³-hybridized carbons (Fsp3) is 0.571. The molecule has 0 radical (unpaired) electrons. The van der Waals surface area contributed by atoms with E-state index in [2.05, 4.69) is 48.0 Å². The molecule has 0 saturated heterocycles. The summed E-state index contributed by atoms with van der Waals surface area (Å²) in [6, 6.07) is 0.431. The summed E-state index contributed by atoms with van der Waals surface area (Å²) in [6.45, 7) is 6.72. The van der Waals surface area contributed by atoms with Crippen molar-refractivity contribution in [1.29, 1.82) is 0 Å². The van der Waals surface area contributed by atoms with Crippen LogP contribution in [0.4, 0.5) is 11.6 Å². The SMILES string of the molecule is CNc1cn2ccnc2c(N(C)C(C)CC(C)C)n1. The van der Waals surface area contributed by atoms with Crippen LogP contribution in [0.3, 0.4) is 0 Å². The quantitative estimate of drug-likeness (QED) is 0.898. The van der Waals surface area contributed by atoms with Crippen molar-refractivity contribution in [1.82, 2.24) is 14.4 Å². The minimum Gasteiger partial charge on any atom is -0.372 e. The van der Waals surface area contributed by atoms with Gasteiger partial charge >= 0.3 is 0 Å². The smallest absolute Gasteiger partial charge is 0.180 e. The summed E-state index contributed by atoms with van der Waals surface area (Å²) < 4.78 is 2.01. The van der Waals surface area contributed by atoms with Crippen molar-refractivity contribution < 1.29 is 0 Å². The zero-order valence-electron chi connectivity index (χ0n) is 12.4. The predicted molar refractivity (Wildman–Crippen MR) is 79.9 cm³/mol. The molecule has 0 saturated carbocycles. The maximum absolute atomic E-state index is 4.65. The van der Waals surface area contributed by atoms with Crippen LogP contribution < -0.4 is 10.2 Å². The van der Waals surface area contributed by atoms with Gasteiger partial charge in [-0.3, -0.25) is 0 Å². The maximum atomic E-state index is 4.65. The van der Waals surface area contributed by atoms with Crippen molar-refractivity contribution in [2.45, 2.75) is 33.2 Å². The average Bonchev–Trinajstić information content (AvgIpc) is 2.83. The van der Waals surface area contributed by atoms with E-state index in [1.165, 1.54) is 0 Å². The van der Waals surface area contributed by atoms with Gasteiger partial charge in [0.25, 0.3) is 0 Å². The number of aromatic nitrogens is 3. The number of imidazole rings is 1. The van der Waals surface area contributed by atoms with E-state index in [1.807, 2.05) is 23.8 Å². The van der Waals surface area contributed by atoms with Crippen LogP contribution in [0.1, 0.15) is 27.2 Å². The summed E-state index contributed by atoms with van der Waals surface area (Å²) in [7, 11) is 3.97. The molecule has 0 aromatic carbocycles. The molecule has 0 aliphatic carbocycles. The Hall–Kier alpha value is -1.78. The Balaban J connectivity index is 2.39. The number of nitrogens with zero attached hydrogens (tertiary/aromatic N) is 4. The Bertz CT molecular complexity index is 546. The monoisotopic (exact) mass is 261 g/mol. The third-order valence-electron chi connectivity index (χ3n) is 3.42. The van der Waals surface area contributed by atoms with Crippen LogP contribution in [0.2, 0.25) is 0 Å². The van der Waals surface area contributed by atoms with Gasteiger partial charge in [-0.2, -0.15) is 0 Å². The van der Waals surface area contributed by atoms with Gasteiger partial charge in [-0.15, -0.1) is 0 Å². The van der Waals surface area contributed by atoms with Crippen LogP contribution in [0.25, 0.3) is 5.65 Å².